The molecule has 0 bridgehead atoms. The second kappa shape index (κ2) is 6.23. The summed E-state index contributed by atoms with van der Waals surface area (Å²) in [5.74, 6) is -1.38. The van der Waals surface area contributed by atoms with Crippen LogP contribution in [0.3, 0.4) is 0 Å². The molecule has 0 radical (unpaired) electrons. The van der Waals surface area contributed by atoms with Gasteiger partial charge >= 0.3 is 12.0 Å². The minimum absolute atomic E-state index is 0.208. The summed E-state index contributed by atoms with van der Waals surface area (Å²) in [4.78, 5) is 23.4. The molecule has 112 valence electrons. The molecule has 0 saturated heterocycles. The lowest BCUT2D eigenvalue weighted by Gasteiger charge is -2.24. The van der Waals surface area contributed by atoms with Crippen molar-refractivity contribution in [2.75, 3.05) is 13.1 Å². The lowest BCUT2D eigenvalue weighted by molar-refractivity contribution is -0.155. The van der Waals surface area contributed by atoms with Crippen LogP contribution < -0.4 is 10.6 Å². The van der Waals surface area contributed by atoms with E-state index in [4.69, 9.17) is 5.11 Å². The summed E-state index contributed by atoms with van der Waals surface area (Å²) in [6.45, 7) is 5.20. The van der Waals surface area contributed by atoms with Gasteiger partial charge in [-0.15, -0.1) is 11.3 Å². The summed E-state index contributed by atoms with van der Waals surface area (Å²) in [5, 5.41) is 25.2. The summed E-state index contributed by atoms with van der Waals surface area (Å²) in [7, 11) is 0. The number of urea groups is 1. The van der Waals surface area contributed by atoms with E-state index in [0.29, 0.717) is 6.54 Å². The van der Waals surface area contributed by atoms with Crippen molar-refractivity contribution >= 4 is 23.3 Å². The van der Waals surface area contributed by atoms with Gasteiger partial charge in [0.05, 0.1) is 6.54 Å². The van der Waals surface area contributed by atoms with Crippen LogP contribution in [0.1, 0.15) is 25.6 Å². The van der Waals surface area contributed by atoms with Crippen LogP contribution in [-0.2, 0) is 10.2 Å². The van der Waals surface area contributed by atoms with Crippen molar-refractivity contribution in [1.82, 2.24) is 10.6 Å². The van der Waals surface area contributed by atoms with Crippen molar-refractivity contribution in [3.63, 3.8) is 0 Å². The molecule has 20 heavy (non-hydrogen) atoms. The highest BCUT2D eigenvalue weighted by Gasteiger charge is 2.30. The highest BCUT2D eigenvalue weighted by atomic mass is 32.1. The number of hydrogen-bond acceptors (Lipinski definition) is 4. The summed E-state index contributed by atoms with van der Waals surface area (Å²) in [6.07, 6.45) is 0. The first-order chi connectivity index (χ1) is 9.15. The average Bonchev–Trinajstić information content (AvgIpc) is 2.88. The van der Waals surface area contributed by atoms with Gasteiger partial charge in [-0.1, -0.05) is 19.9 Å². The third kappa shape index (κ3) is 4.50. The number of carboxylic acid groups (broad SMARTS) is 1. The average molecular weight is 300 g/mol. The first-order valence-electron chi connectivity index (χ1n) is 6.16. The number of carbonyl (C=O) groups is 2. The fourth-order valence-electron chi connectivity index (χ4n) is 1.44. The molecule has 0 saturated carbocycles. The van der Waals surface area contributed by atoms with Gasteiger partial charge in [0.2, 0.25) is 0 Å². The molecule has 0 spiro atoms. The predicted molar refractivity (Wildman–Crippen MR) is 77.0 cm³/mol. The molecule has 1 rings (SSSR count). The van der Waals surface area contributed by atoms with Crippen LogP contribution in [0.15, 0.2) is 17.5 Å². The lowest BCUT2D eigenvalue weighted by Crippen LogP contribution is -2.50. The van der Waals surface area contributed by atoms with Crippen LogP contribution in [0.2, 0.25) is 0 Å². The number of carboxylic acids is 1. The number of nitrogens with one attached hydrogen (secondary N) is 2. The Labute approximate surface area is 121 Å². The number of amides is 2. The van der Waals surface area contributed by atoms with Crippen LogP contribution in [0.5, 0.6) is 0 Å². The van der Waals surface area contributed by atoms with Gasteiger partial charge in [0.15, 0.2) is 5.60 Å². The van der Waals surface area contributed by atoms with Crippen molar-refractivity contribution in [2.45, 2.75) is 31.8 Å². The summed E-state index contributed by atoms with van der Waals surface area (Å²) in [6, 6.07) is 3.45. The second-order valence-electron chi connectivity index (χ2n) is 5.48. The van der Waals surface area contributed by atoms with Crippen molar-refractivity contribution < 1.29 is 19.8 Å². The van der Waals surface area contributed by atoms with Crippen molar-refractivity contribution in [3.05, 3.63) is 22.4 Å². The maximum Gasteiger partial charge on any atom is 0.337 e. The Morgan fingerprint density at radius 1 is 1.25 bits per heavy atom. The van der Waals surface area contributed by atoms with Gasteiger partial charge in [0.1, 0.15) is 0 Å². The Kier molecular flexibility index (Phi) is 5.13. The largest absolute Gasteiger partial charge is 0.479 e. The van der Waals surface area contributed by atoms with E-state index in [2.05, 4.69) is 10.6 Å². The molecule has 4 N–H and O–H groups in total. The molecule has 1 heterocycles. The highest BCUT2D eigenvalue weighted by Crippen LogP contribution is 2.26. The molecule has 2 amide bonds. The molecule has 0 aromatic carbocycles. The molecule has 1 aromatic rings. The summed E-state index contributed by atoms with van der Waals surface area (Å²) < 4.78 is 0. The van der Waals surface area contributed by atoms with E-state index in [-0.39, 0.29) is 12.0 Å². The molecule has 1 atom stereocenters. The van der Waals surface area contributed by atoms with E-state index in [9.17, 15) is 14.7 Å². The molecule has 6 nitrogen and oxygen atoms in total. The van der Waals surface area contributed by atoms with E-state index < -0.39 is 17.6 Å². The van der Waals surface area contributed by atoms with E-state index in [0.717, 1.165) is 11.8 Å². The molecule has 7 heteroatoms. The van der Waals surface area contributed by atoms with Gasteiger partial charge in [0.25, 0.3) is 0 Å². The third-order valence-corrected chi connectivity index (χ3v) is 4.17. The third-order valence-electron chi connectivity index (χ3n) is 2.93. The Balaban J connectivity index is 2.43. The molecule has 0 fully saturated rings. The molecule has 1 unspecified atom stereocenters. The Bertz CT molecular complexity index is 469. The maximum absolute atomic E-state index is 11.6. The second-order valence-corrected chi connectivity index (χ2v) is 6.42. The summed E-state index contributed by atoms with van der Waals surface area (Å²) >= 11 is 1.61. The minimum atomic E-state index is -1.97. The van der Waals surface area contributed by atoms with E-state index in [1.807, 2.05) is 31.4 Å². The minimum Gasteiger partial charge on any atom is -0.479 e. The Morgan fingerprint density at radius 3 is 2.35 bits per heavy atom. The van der Waals surface area contributed by atoms with Crippen LogP contribution in [0, 0.1) is 0 Å². The van der Waals surface area contributed by atoms with Crippen molar-refractivity contribution in [1.29, 1.82) is 0 Å². The van der Waals surface area contributed by atoms with Gasteiger partial charge < -0.3 is 20.8 Å². The molecule has 1 aromatic heterocycles. The number of aliphatic hydroxyl groups is 1. The fourth-order valence-corrected chi connectivity index (χ4v) is 2.29. The smallest absolute Gasteiger partial charge is 0.337 e. The Morgan fingerprint density at radius 2 is 1.85 bits per heavy atom. The van der Waals surface area contributed by atoms with Gasteiger partial charge in [-0.05, 0) is 18.4 Å². The van der Waals surface area contributed by atoms with Gasteiger partial charge in [0, 0.05) is 16.8 Å². The van der Waals surface area contributed by atoms with E-state index in [1.165, 1.54) is 0 Å². The number of thiophene rings is 1. The van der Waals surface area contributed by atoms with Crippen LogP contribution >= 0.6 is 11.3 Å². The normalized spacial score (nSPS) is 14.4. The monoisotopic (exact) mass is 300 g/mol. The Hall–Kier alpha value is -1.60. The van der Waals surface area contributed by atoms with E-state index >= 15 is 0 Å². The standard InChI is InChI=1S/C13H20N2O4S/c1-12(2,9-5-4-6-20-9)7-14-11(18)15-8-13(3,19)10(16)17/h4-6,19H,7-8H2,1-3H3,(H,16,17)(H2,14,15,18). The number of aliphatic carboxylic acids is 1. The van der Waals surface area contributed by atoms with E-state index in [1.54, 1.807) is 11.3 Å². The first kappa shape index (κ1) is 16.5. The zero-order chi connectivity index (χ0) is 15.4. The van der Waals surface area contributed by atoms with Gasteiger partial charge in [-0.2, -0.15) is 0 Å². The highest BCUT2D eigenvalue weighted by molar-refractivity contribution is 7.10. The zero-order valence-corrected chi connectivity index (χ0v) is 12.6. The van der Waals surface area contributed by atoms with Crippen LogP contribution in [0.25, 0.3) is 0 Å². The first-order valence-corrected chi connectivity index (χ1v) is 7.04. The van der Waals surface area contributed by atoms with Crippen LogP contribution in [0.4, 0.5) is 4.79 Å². The maximum atomic E-state index is 11.6. The molecular formula is C13H20N2O4S. The van der Waals surface area contributed by atoms with Crippen molar-refractivity contribution in [3.8, 4) is 0 Å². The predicted octanol–water partition coefficient (Wildman–Crippen LogP) is 1.16. The lowest BCUT2D eigenvalue weighted by atomic mass is 9.91. The number of rotatable bonds is 6. The molecule has 0 aliphatic heterocycles. The SMILES string of the molecule is CC(O)(CNC(=O)NCC(C)(C)c1cccs1)C(=O)O. The van der Waals surface area contributed by atoms with Gasteiger partial charge in [-0.25, -0.2) is 9.59 Å². The molecule has 0 aliphatic carbocycles. The quantitative estimate of drug-likeness (QED) is 0.633. The molecular weight excluding hydrogens is 280 g/mol. The van der Waals surface area contributed by atoms with Gasteiger partial charge in [-0.3, -0.25) is 0 Å². The zero-order valence-electron chi connectivity index (χ0n) is 11.8. The van der Waals surface area contributed by atoms with Crippen LogP contribution in [-0.4, -0.2) is 40.9 Å². The number of hydrogen-bond donors (Lipinski definition) is 4. The topological polar surface area (TPSA) is 98.7 Å². The summed E-state index contributed by atoms with van der Waals surface area (Å²) in [5.41, 5.74) is -2.18. The van der Waals surface area contributed by atoms with Crippen molar-refractivity contribution in [2.24, 2.45) is 0 Å². The number of carbonyl (C=O) groups excluding carboxylic acids is 1. The fraction of sp³-hybridized carbons (Fsp3) is 0.538. The molecule has 0 aliphatic rings.